The zero-order valence-corrected chi connectivity index (χ0v) is 25.4. The van der Waals surface area contributed by atoms with Gasteiger partial charge in [-0.2, -0.15) is 0 Å². The maximum Gasteiger partial charge on any atom is 0.220 e. The molecule has 6 nitrogen and oxygen atoms in total. The fourth-order valence-electron chi connectivity index (χ4n) is 11.3. The highest BCUT2D eigenvalue weighted by molar-refractivity contribution is 5.75. The monoisotopic (exact) mass is 547 g/mol. The van der Waals surface area contributed by atoms with Gasteiger partial charge in [0.15, 0.2) is 0 Å². The smallest absolute Gasteiger partial charge is 0.220 e. The third-order valence-corrected chi connectivity index (χ3v) is 13.5. The molecule has 0 bridgehead atoms. The molecule has 4 aliphatic carbocycles. The number of rotatable bonds is 9. The van der Waals surface area contributed by atoms with E-state index in [4.69, 9.17) is 0 Å². The van der Waals surface area contributed by atoms with Crippen molar-refractivity contribution in [1.82, 2.24) is 5.32 Å². The molecule has 0 unspecified atom stereocenters. The lowest BCUT2D eigenvalue weighted by Crippen LogP contribution is -2.62. The lowest BCUT2D eigenvalue weighted by molar-refractivity contribution is -0.915. The first-order valence-electron chi connectivity index (χ1n) is 16.7. The third kappa shape index (κ3) is 5.34. The number of aliphatic hydroxyl groups excluding tert-OH is 3. The van der Waals surface area contributed by atoms with Crippen molar-refractivity contribution < 1.29 is 24.6 Å². The molecular formula is C33H59N2O4+. The second-order valence-corrected chi connectivity index (χ2v) is 15.3. The van der Waals surface area contributed by atoms with E-state index in [9.17, 15) is 20.1 Å². The molecule has 0 aromatic rings. The average molecular weight is 548 g/mol. The van der Waals surface area contributed by atoms with Gasteiger partial charge in [-0.25, -0.2) is 0 Å². The lowest BCUT2D eigenvalue weighted by Gasteiger charge is -2.63. The van der Waals surface area contributed by atoms with Crippen LogP contribution in [0.5, 0.6) is 0 Å². The molecule has 5 fully saturated rings. The van der Waals surface area contributed by atoms with E-state index in [1.54, 1.807) is 0 Å². The van der Waals surface area contributed by atoms with E-state index in [1.165, 1.54) is 43.4 Å². The molecule has 6 heteroatoms. The Balaban J connectivity index is 1.18. The molecule has 0 spiro atoms. The minimum atomic E-state index is -0.360. The Bertz CT molecular complexity index is 861. The van der Waals surface area contributed by atoms with Crippen LogP contribution in [0.25, 0.3) is 0 Å². The molecular weight excluding hydrogens is 488 g/mol. The normalized spacial score (nSPS) is 45.7. The van der Waals surface area contributed by atoms with Gasteiger partial charge in [0.1, 0.15) is 0 Å². The van der Waals surface area contributed by atoms with Crippen molar-refractivity contribution in [3.63, 3.8) is 0 Å². The van der Waals surface area contributed by atoms with Gasteiger partial charge < -0.3 is 25.1 Å². The van der Waals surface area contributed by atoms with Gasteiger partial charge in [-0.05, 0) is 104 Å². The maximum atomic E-state index is 12.8. The van der Waals surface area contributed by atoms with Crippen LogP contribution in [0.15, 0.2) is 0 Å². The molecule has 1 aliphatic heterocycles. The van der Waals surface area contributed by atoms with E-state index in [0.717, 1.165) is 64.5 Å². The number of hydrogen-bond donors (Lipinski definition) is 4. The van der Waals surface area contributed by atoms with Gasteiger partial charge in [0.2, 0.25) is 5.91 Å². The Morgan fingerprint density at radius 1 is 1.00 bits per heavy atom. The van der Waals surface area contributed by atoms with Crippen LogP contribution in [0, 0.1) is 46.3 Å². The molecule has 0 aromatic carbocycles. The van der Waals surface area contributed by atoms with Gasteiger partial charge in [0, 0.05) is 19.3 Å². The van der Waals surface area contributed by atoms with Gasteiger partial charge in [0.05, 0.1) is 51.0 Å². The van der Waals surface area contributed by atoms with E-state index in [-0.39, 0.29) is 41.0 Å². The SMILES string of the molecule is CCC[N+]1(CCNC(=O)CC[C@@H](C)[C@H]2CC[C@H]3[C@@H]4[C@H](O)C[C@@H]5C[C@H](O)CC[C@]5(C)[C@H]4C[C@H](O)[C@]23C)CCCC1. The first kappa shape index (κ1) is 29.8. The molecule has 11 atom stereocenters. The third-order valence-electron chi connectivity index (χ3n) is 13.5. The average Bonchev–Trinajstić information content (AvgIpc) is 3.50. The summed E-state index contributed by atoms with van der Waals surface area (Å²) in [5, 5.41) is 36.9. The van der Waals surface area contributed by atoms with Crippen LogP contribution >= 0.6 is 0 Å². The fraction of sp³-hybridized carbons (Fsp3) is 0.970. The standard InChI is InChI=1S/C33H58N2O4/c1-5-15-35(16-6-7-17-35)18-14-34-30(39)11-8-22(2)25-9-10-26-31-27(21-29(38)33(25,26)4)32(3)13-12-24(36)19-23(32)20-28(31)37/h22-29,31,36-38H,5-21H2,1-4H3/p+1/t22-,23+,24-,25-,26+,27+,28-,29+,31+,32+,33-/m1/s1. The first-order chi connectivity index (χ1) is 18.5. The second kappa shape index (κ2) is 11.5. The van der Waals surface area contributed by atoms with Crippen molar-refractivity contribution in [3.05, 3.63) is 0 Å². The summed E-state index contributed by atoms with van der Waals surface area (Å²) in [6.45, 7) is 14.9. The highest BCUT2D eigenvalue weighted by Gasteiger charge is 2.65. The van der Waals surface area contributed by atoms with E-state index in [1.807, 2.05) is 0 Å². The Hall–Kier alpha value is -0.690. The Kier molecular flexibility index (Phi) is 8.81. The number of hydrogen-bond acceptors (Lipinski definition) is 4. The summed E-state index contributed by atoms with van der Waals surface area (Å²) in [6, 6.07) is 0. The van der Waals surface area contributed by atoms with Crippen LogP contribution in [0.1, 0.15) is 105 Å². The van der Waals surface area contributed by atoms with Crippen molar-refractivity contribution >= 4 is 5.91 Å². The molecule has 0 radical (unpaired) electrons. The number of likely N-dealkylation sites (tertiary alicyclic amines) is 1. The van der Waals surface area contributed by atoms with Crippen molar-refractivity contribution in [1.29, 1.82) is 0 Å². The number of carbonyl (C=O) groups excluding carboxylic acids is 1. The van der Waals surface area contributed by atoms with Gasteiger partial charge in [-0.1, -0.05) is 27.7 Å². The zero-order valence-electron chi connectivity index (χ0n) is 25.4. The summed E-state index contributed by atoms with van der Waals surface area (Å²) in [6.07, 6.45) is 10.8. The van der Waals surface area contributed by atoms with Gasteiger partial charge in [-0.3, -0.25) is 4.79 Å². The highest BCUT2D eigenvalue weighted by atomic mass is 16.3. The summed E-state index contributed by atoms with van der Waals surface area (Å²) in [5.74, 6) is 2.23. The van der Waals surface area contributed by atoms with Crippen molar-refractivity contribution in [2.45, 2.75) is 123 Å². The topological polar surface area (TPSA) is 89.8 Å². The number of quaternary nitrogens is 1. The number of aliphatic hydroxyl groups is 3. The fourth-order valence-corrected chi connectivity index (χ4v) is 11.3. The lowest BCUT2D eigenvalue weighted by atomic mass is 9.43. The highest BCUT2D eigenvalue weighted by Crippen LogP contribution is 2.68. The van der Waals surface area contributed by atoms with Gasteiger partial charge in [0.25, 0.3) is 0 Å². The van der Waals surface area contributed by atoms with Crippen molar-refractivity contribution in [2.24, 2.45) is 46.3 Å². The number of nitrogens with zero attached hydrogens (tertiary/aromatic N) is 1. The van der Waals surface area contributed by atoms with E-state index >= 15 is 0 Å². The molecule has 4 N–H and O–H groups in total. The van der Waals surface area contributed by atoms with E-state index < -0.39 is 0 Å². The van der Waals surface area contributed by atoms with Crippen molar-refractivity contribution in [2.75, 3.05) is 32.7 Å². The van der Waals surface area contributed by atoms with Crippen LogP contribution in [0.4, 0.5) is 0 Å². The van der Waals surface area contributed by atoms with Crippen molar-refractivity contribution in [3.8, 4) is 0 Å². The predicted molar refractivity (Wildman–Crippen MR) is 155 cm³/mol. The van der Waals surface area contributed by atoms with Crippen LogP contribution in [-0.2, 0) is 4.79 Å². The van der Waals surface area contributed by atoms with E-state index in [2.05, 4.69) is 33.0 Å². The first-order valence-corrected chi connectivity index (χ1v) is 16.7. The van der Waals surface area contributed by atoms with Gasteiger partial charge >= 0.3 is 0 Å². The summed E-state index contributed by atoms with van der Waals surface area (Å²) < 4.78 is 1.18. The summed E-state index contributed by atoms with van der Waals surface area (Å²) >= 11 is 0. The number of nitrogens with one attached hydrogen (secondary N) is 1. The molecule has 224 valence electrons. The summed E-state index contributed by atoms with van der Waals surface area (Å²) in [5.41, 5.74) is -0.0813. The molecule has 39 heavy (non-hydrogen) atoms. The van der Waals surface area contributed by atoms with Crippen LogP contribution < -0.4 is 5.32 Å². The van der Waals surface area contributed by atoms with Crippen LogP contribution in [-0.4, -0.2) is 76.7 Å². The van der Waals surface area contributed by atoms with Crippen LogP contribution in [0.2, 0.25) is 0 Å². The molecule has 1 heterocycles. The maximum absolute atomic E-state index is 12.8. The zero-order chi connectivity index (χ0) is 28.0. The Morgan fingerprint density at radius 2 is 1.74 bits per heavy atom. The molecule has 1 amide bonds. The van der Waals surface area contributed by atoms with Crippen LogP contribution in [0.3, 0.4) is 0 Å². The second-order valence-electron chi connectivity index (χ2n) is 15.3. The number of fused-ring (bicyclic) bond motifs is 5. The molecule has 5 rings (SSSR count). The number of amides is 1. The van der Waals surface area contributed by atoms with Gasteiger partial charge in [-0.15, -0.1) is 0 Å². The summed E-state index contributed by atoms with van der Waals surface area (Å²) in [7, 11) is 0. The largest absolute Gasteiger partial charge is 0.393 e. The van der Waals surface area contributed by atoms with E-state index in [0.29, 0.717) is 36.0 Å². The molecule has 5 aliphatic rings. The summed E-state index contributed by atoms with van der Waals surface area (Å²) in [4.78, 5) is 12.8. The molecule has 1 saturated heterocycles. The Labute approximate surface area is 237 Å². The predicted octanol–water partition coefficient (Wildman–Crippen LogP) is 4.50. The Morgan fingerprint density at radius 3 is 2.46 bits per heavy atom. The number of carbonyl (C=O) groups is 1. The minimum absolute atomic E-state index is 0.111. The molecule has 4 saturated carbocycles. The quantitative estimate of drug-likeness (QED) is 0.320. The minimum Gasteiger partial charge on any atom is -0.393 e. The molecule has 0 aromatic heterocycles.